The number of anilines is 1. The van der Waals surface area contributed by atoms with Gasteiger partial charge in [0, 0.05) is 18.0 Å². The fraction of sp³-hybridized carbons (Fsp3) is 0.412. The molecule has 6 heteroatoms. The highest BCUT2D eigenvalue weighted by Gasteiger charge is 2.48. The molecule has 2 aliphatic rings. The molecule has 122 valence electrons. The molecule has 0 radical (unpaired) electrons. The van der Waals surface area contributed by atoms with Gasteiger partial charge in [-0.3, -0.25) is 4.79 Å². The van der Waals surface area contributed by atoms with Crippen molar-refractivity contribution in [2.24, 2.45) is 23.7 Å². The molecule has 0 aliphatic heterocycles. The summed E-state index contributed by atoms with van der Waals surface area (Å²) in [5, 5.41) is 14.2. The molecule has 1 saturated carbocycles. The van der Waals surface area contributed by atoms with E-state index < -0.39 is 17.8 Å². The van der Waals surface area contributed by atoms with Crippen molar-refractivity contribution in [3.8, 4) is 11.5 Å². The molecule has 3 rings (SSSR count). The molecule has 4 atom stereocenters. The second-order valence-electron chi connectivity index (χ2n) is 5.87. The van der Waals surface area contributed by atoms with Crippen molar-refractivity contribution >= 4 is 17.6 Å². The second-order valence-corrected chi connectivity index (χ2v) is 5.87. The number of rotatable bonds is 5. The van der Waals surface area contributed by atoms with Gasteiger partial charge in [0.05, 0.1) is 25.8 Å². The van der Waals surface area contributed by atoms with Crippen LogP contribution in [-0.4, -0.2) is 26.1 Å². The van der Waals surface area contributed by atoms with Crippen LogP contribution in [0, 0.1) is 23.7 Å². The predicted molar refractivity (Wildman–Crippen MR) is 80.9 cm³/mol. The molecule has 1 aromatic rings. The van der Waals surface area contributed by atoms with Crippen molar-refractivity contribution < 1.29 is 24.2 Å². The molecule has 6 nitrogen and oxygen atoms in total. The van der Waals surface area contributed by atoms with Gasteiger partial charge in [0.25, 0.3) is 0 Å². The number of hydrogen-bond acceptors (Lipinski definition) is 5. The van der Waals surface area contributed by atoms with Gasteiger partial charge in [-0.05, 0) is 30.4 Å². The number of carbonyl (C=O) groups is 2. The Kier molecular flexibility index (Phi) is 3.98. The van der Waals surface area contributed by atoms with Crippen molar-refractivity contribution in [3.05, 3.63) is 30.4 Å². The Bertz CT molecular complexity index is 669. The van der Waals surface area contributed by atoms with Crippen molar-refractivity contribution in [3.63, 3.8) is 0 Å². The number of aliphatic carboxylic acids is 1. The average molecular weight is 316 g/mol. The number of carboxylic acid groups (broad SMARTS) is 1. The van der Waals surface area contributed by atoms with Crippen LogP contribution in [0.4, 0.5) is 5.69 Å². The molecule has 2 aliphatic carbocycles. The van der Waals surface area contributed by atoms with Crippen LogP contribution in [0.2, 0.25) is 0 Å². The molecule has 2 bridgehead atoms. The van der Waals surface area contributed by atoms with Gasteiger partial charge in [-0.15, -0.1) is 0 Å². The molecule has 0 aromatic heterocycles. The minimum absolute atomic E-state index is 0.0560. The molecule has 1 aromatic carbocycles. The van der Waals surface area contributed by atoms with Gasteiger partial charge in [-0.25, -0.2) is 0 Å². The Balaban J connectivity index is 1.84. The fourth-order valence-electron chi connectivity index (χ4n) is 3.63. The van der Waals surface area contributed by atoms with E-state index in [0.717, 1.165) is 0 Å². The standard InChI is InChI=1S/C17H19NO5/c1-22-11-5-6-13(23-2)12(8-11)18-16(19)14-9-3-4-10(7-9)15(14)17(20)21/h3-6,8-10,14-15H,7H2,1-2H3,(H,18,19)(H,20,21)/p-1/t9-,10-,14-,15-/m0/s1. The first-order valence-corrected chi connectivity index (χ1v) is 7.47. The molecule has 0 heterocycles. The SMILES string of the molecule is COc1ccc(OC)c(NC(=O)[C@@H]2[C@@H](C(=O)[O-])[C@H]3C=C[C@H]2C3)c1. The van der Waals surface area contributed by atoms with Gasteiger partial charge in [0.1, 0.15) is 11.5 Å². The van der Waals surface area contributed by atoms with E-state index in [1.54, 1.807) is 18.2 Å². The molecular weight excluding hydrogens is 298 g/mol. The van der Waals surface area contributed by atoms with Crippen molar-refractivity contribution in [2.75, 3.05) is 19.5 Å². The van der Waals surface area contributed by atoms with Crippen LogP contribution in [0.25, 0.3) is 0 Å². The van der Waals surface area contributed by atoms with Gasteiger partial charge in [-0.2, -0.15) is 0 Å². The number of benzene rings is 1. The quantitative estimate of drug-likeness (QED) is 0.813. The number of hydrogen-bond donors (Lipinski definition) is 1. The number of nitrogens with one attached hydrogen (secondary N) is 1. The maximum atomic E-state index is 12.7. The molecule has 0 spiro atoms. The second kappa shape index (κ2) is 5.95. The Hall–Kier alpha value is -2.50. The summed E-state index contributed by atoms with van der Waals surface area (Å²) in [6, 6.07) is 5.05. The van der Waals surface area contributed by atoms with E-state index in [0.29, 0.717) is 23.6 Å². The van der Waals surface area contributed by atoms with E-state index in [2.05, 4.69) is 5.32 Å². The smallest absolute Gasteiger partial charge is 0.228 e. The summed E-state index contributed by atoms with van der Waals surface area (Å²) in [6.07, 6.45) is 4.49. The third-order valence-corrected chi connectivity index (χ3v) is 4.70. The Morgan fingerprint density at radius 2 is 1.83 bits per heavy atom. The first kappa shape index (κ1) is 15.4. The number of carboxylic acids is 1. The summed E-state index contributed by atoms with van der Waals surface area (Å²) in [4.78, 5) is 24.1. The summed E-state index contributed by atoms with van der Waals surface area (Å²) in [5.74, 6) is -2.00. The van der Waals surface area contributed by atoms with Crippen molar-refractivity contribution in [1.82, 2.24) is 0 Å². The number of methoxy groups -OCH3 is 2. The first-order valence-electron chi connectivity index (χ1n) is 7.47. The lowest BCUT2D eigenvalue weighted by Gasteiger charge is -2.28. The lowest BCUT2D eigenvalue weighted by atomic mass is 9.82. The zero-order valence-electron chi connectivity index (χ0n) is 12.9. The van der Waals surface area contributed by atoms with Crippen LogP contribution in [0.3, 0.4) is 0 Å². The summed E-state index contributed by atoms with van der Waals surface area (Å²) in [6.45, 7) is 0. The maximum Gasteiger partial charge on any atom is 0.228 e. The lowest BCUT2D eigenvalue weighted by molar-refractivity contribution is -0.313. The topological polar surface area (TPSA) is 87.7 Å². The molecule has 1 fully saturated rings. The highest BCUT2D eigenvalue weighted by Crippen LogP contribution is 2.48. The van der Waals surface area contributed by atoms with Crippen LogP contribution < -0.4 is 19.9 Å². The molecular formula is C17H18NO5-. The molecule has 1 N–H and O–H groups in total. The molecule has 0 unspecified atom stereocenters. The zero-order valence-corrected chi connectivity index (χ0v) is 12.9. The number of carbonyl (C=O) groups excluding carboxylic acids is 2. The largest absolute Gasteiger partial charge is 0.550 e. The van der Waals surface area contributed by atoms with Gasteiger partial charge in [0.15, 0.2) is 0 Å². The highest BCUT2D eigenvalue weighted by molar-refractivity contribution is 5.97. The first-order chi connectivity index (χ1) is 11.0. The van der Waals surface area contributed by atoms with Crippen LogP contribution in [-0.2, 0) is 9.59 Å². The van der Waals surface area contributed by atoms with Crippen LogP contribution in [0.1, 0.15) is 6.42 Å². The summed E-state index contributed by atoms with van der Waals surface area (Å²) in [5.41, 5.74) is 0.459. The maximum absolute atomic E-state index is 12.7. The normalized spacial score (nSPS) is 27.7. The van der Waals surface area contributed by atoms with E-state index in [4.69, 9.17) is 9.47 Å². The number of allylic oxidation sites excluding steroid dienone is 2. The van der Waals surface area contributed by atoms with E-state index >= 15 is 0 Å². The van der Waals surface area contributed by atoms with Gasteiger partial charge >= 0.3 is 0 Å². The third kappa shape index (κ3) is 2.65. The van der Waals surface area contributed by atoms with Crippen LogP contribution in [0.5, 0.6) is 11.5 Å². The summed E-state index contributed by atoms with van der Waals surface area (Å²) in [7, 11) is 3.03. The Morgan fingerprint density at radius 3 is 2.43 bits per heavy atom. The molecule has 1 amide bonds. The predicted octanol–water partition coefficient (Wildman–Crippen LogP) is 0.830. The van der Waals surface area contributed by atoms with Gasteiger partial charge in [-0.1, -0.05) is 12.2 Å². The zero-order chi connectivity index (χ0) is 16.6. The molecule has 0 saturated heterocycles. The van der Waals surface area contributed by atoms with E-state index in [9.17, 15) is 14.7 Å². The van der Waals surface area contributed by atoms with Gasteiger partial charge < -0.3 is 24.7 Å². The summed E-state index contributed by atoms with van der Waals surface area (Å²) >= 11 is 0. The van der Waals surface area contributed by atoms with Crippen molar-refractivity contribution in [2.45, 2.75) is 6.42 Å². The van der Waals surface area contributed by atoms with Crippen LogP contribution >= 0.6 is 0 Å². The monoisotopic (exact) mass is 316 g/mol. The number of ether oxygens (including phenoxy) is 2. The summed E-state index contributed by atoms with van der Waals surface area (Å²) < 4.78 is 10.4. The van der Waals surface area contributed by atoms with Crippen molar-refractivity contribution in [1.29, 1.82) is 0 Å². The van der Waals surface area contributed by atoms with Gasteiger partial charge in [0.2, 0.25) is 5.91 Å². The fourth-order valence-corrected chi connectivity index (χ4v) is 3.63. The Morgan fingerprint density at radius 1 is 1.13 bits per heavy atom. The number of fused-ring (bicyclic) bond motifs is 2. The Labute approximate surface area is 134 Å². The molecule has 23 heavy (non-hydrogen) atoms. The number of amides is 1. The van der Waals surface area contributed by atoms with E-state index in [-0.39, 0.29) is 17.7 Å². The van der Waals surface area contributed by atoms with E-state index in [1.165, 1.54) is 14.2 Å². The lowest BCUT2D eigenvalue weighted by Crippen LogP contribution is -2.42. The van der Waals surface area contributed by atoms with Crippen LogP contribution in [0.15, 0.2) is 30.4 Å². The average Bonchev–Trinajstić information content (AvgIpc) is 3.15. The third-order valence-electron chi connectivity index (χ3n) is 4.70. The highest BCUT2D eigenvalue weighted by atomic mass is 16.5. The minimum Gasteiger partial charge on any atom is -0.550 e. The van der Waals surface area contributed by atoms with E-state index in [1.807, 2.05) is 12.2 Å². The minimum atomic E-state index is -1.17.